The second-order valence-corrected chi connectivity index (χ2v) is 6.14. The van der Waals surface area contributed by atoms with Crippen molar-refractivity contribution in [3.8, 4) is 0 Å². The molecule has 1 unspecified atom stereocenters. The minimum absolute atomic E-state index is 0.0143. The van der Waals surface area contributed by atoms with E-state index in [-0.39, 0.29) is 11.8 Å². The molecule has 4 nitrogen and oxygen atoms in total. The highest BCUT2D eigenvalue weighted by atomic mass is 35.5. The lowest BCUT2D eigenvalue weighted by Gasteiger charge is -2.28. The van der Waals surface area contributed by atoms with Crippen LogP contribution in [0.3, 0.4) is 0 Å². The van der Waals surface area contributed by atoms with E-state index in [1.807, 2.05) is 6.92 Å². The number of aliphatic carboxylic acids is 1. The van der Waals surface area contributed by atoms with Crippen LogP contribution in [0.25, 0.3) is 0 Å². The van der Waals surface area contributed by atoms with Gasteiger partial charge in [-0.3, -0.25) is 4.79 Å². The molecular formula is C16H20ClNO3. The number of benzene rings is 1. The van der Waals surface area contributed by atoms with E-state index < -0.39 is 12.0 Å². The average molecular weight is 310 g/mol. The van der Waals surface area contributed by atoms with Crippen molar-refractivity contribution >= 4 is 23.5 Å². The molecule has 0 radical (unpaired) electrons. The maximum Gasteiger partial charge on any atom is 0.326 e. The van der Waals surface area contributed by atoms with Gasteiger partial charge in [-0.25, -0.2) is 4.79 Å². The second kappa shape index (κ2) is 6.94. The fourth-order valence-corrected chi connectivity index (χ4v) is 3.23. The molecule has 2 N–H and O–H groups in total. The Balaban J connectivity index is 2.12. The molecule has 1 saturated carbocycles. The number of hydrogen-bond donors (Lipinski definition) is 2. The Morgan fingerprint density at radius 3 is 2.48 bits per heavy atom. The fourth-order valence-electron chi connectivity index (χ4n) is 2.94. The quantitative estimate of drug-likeness (QED) is 0.895. The predicted molar refractivity (Wildman–Crippen MR) is 81.7 cm³/mol. The number of carboxylic acid groups (broad SMARTS) is 1. The van der Waals surface area contributed by atoms with E-state index >= 15 is 0 Å². The highest BCUT2D eigenvalue weighted by molar-refractivity contribution is 6.31. The molecule has 1 fully saturated rings. The highest BCUT2D eigenvalue weighted by Crippen LogP contribution is 2.27. The first kappa shape index (κ1) is 15.8. The van der Waals surface area contributed by atoms with Crippen LogP contribution < -0.4 is 5.32 Å². The summed E-state index contributed by atoms with van der Waals surface area (Å²) in [5.74, 6) is -1.33. The van der Waals surface area contributed by atoms with E-state index in [0.717, 1.165) is 37.7 Å². The van der Waals surface area contributed by atoms with Gasteiger partial charge < -0.3 is 10.4 Å². The van der Waals surface area contributed by atoms with Gasteiger partial charge in [0.05, 0.1) is 0 Å². The number of carbonyl (C=O) groups excluding carboxylic acids is 1. The van der Waals surface area contributed by atoms with Gasteiger partial charge in [0, 0.05) is 10.6 Å². The van der Waals surface area contributed by atoms with E-state index in [1.54, 1.807) is 18.2 Å². The maximum absolute atomic E-state index is 12.3. The molecule has 2 rings (SSSR count). The number of rotatable bonds is 4. The molecule has 1 amide bonds. The summed E-state index contributed by atoms with van der Waals surface area (Å²) in [6.07, 6.45) is 4.91. The zero-order chi connectivity index (χ0) is 15.4. The summed E-state index contributed by atoms with van der Waals surface area (Å²) in [5, 5.41) is 12.5. The Labute approximate surface area is 129 Å². The molecule has 1 aromatic carbocycles. The SMILES string of the molecule is Cc1cc(Cl)cc(C(=O)NC(C(=O)O)C2CCCCC2)c1. The van der Waals surface area contributed by atoms with Crippen molar-refractivity contribution in [2.45, 2.75) is 45.1 Å². The number of carbonyl (C=O) groups is 2. The molecule has 0 heterocycles. The second-order valence-electron chi connectivity index (χ2n) is 5.70. The predicted octanol–water partition coefficient (Wildman–Crippen LogP) is 3.41. The molecule has 0 aliphatic heterocycles. The molecule has 5 heteroatoms. The van der Waals surface area contributed by atoms with Gasteiger partial charge in [0.25, 0.3) is 5.91 Å². The number of halogens is 1. The van der Waals surface area contributed by atoms with Crippen LogP contribution in [-0.2, 0) is 4.79 Å². The van der Waals surface area contributed by atoms with Crippen LogP contribution >= 0.6 is 11.6 Å². The number of carboxylic acids is 1. The van der Waals surface area contributed by atoms with Crippen LogP contribution in [0.2, 0.25) is 5.02 Å². The lowest BCUT2D eigenvalue weighted by Crippen LogP contribution is -2.46. The van der Waals surface area contributed by atoms with E-state index in [2.05, 4.69) is 5.32 Å². The molecule has 0 saturated heterocycles. The van der Waals surface area contributed by atoms with Gasteiger partial charge >= 0.3 is 5.97 Å². The van der Waals surface area contributed by atoms with Gasteiger partial charge in [-0.05, 0) is 49.4 Å². The number of nitrogens with one attached hydrogen (secondary N) is 1. The number of hydrogen-bond acceptors (Lipinski definition) is 2. The summed E-state index contributed by atoms with van der Waals surface area (Å²) in [4.78, 5) is 23.7. The van der Waals surface area contributed by atoms with Crippen LogP contribution in [0.5, 0.6) is 0 Å². The smallest absolute Gasteiger partial charge is 0.326 e. The van der Waals surface area contributed by atoms with Gasteiger partial charge in [0.15, 0.2) is 0 Å². The van der Waals surface area contributed by atoms with Crippen LogP contribution in [0.15, 0.2) is 18.2 Å². The molecular weight excluding hydrogens is 290 g/mol. The van der Waals surface area contributed by atoms with Crippen molar-refractivity contribution in [1.82, 2.24) is 5.32 Å². The summed E-state index contributed by atoms with van der Waals surface area (Å²) in [7, 11) is 0. The minimum atomic E-state index is -0.964. The van der Waals surface area contributed by atoms with Crippen molar-refractivity contribution < 1.29 is 14.7 Å². The molecule has 1 aromatic rings. The fraction of sp³-hybridized carbons (Fsp3) is 0.500. The number of aryl methyl sites for hydroxylation is 1. The van der Waals surface area contributed by atoms with Crippen molar-refractivity contribution in [2.75, 3.05) is 0 Å². The molecule has 0 aromatic heterocycles. The lowest BCUT2D eigenvalue weighted by molar-refractivity contribution is -0.141. The largest absolute Gasteiger partial charge is 0.480 e. The van der Waals surface area contributed by atoms with Gasteiger partial charge in [-0.2, -0.15) is 0 Å². The molecule has 114 valence electrons. The van der Waals surface area contributed by atoms with Crippen molar-refractivity contribution in [2.24, 2.45) is 5.92 Å². The number of amides is 1. The highest BCUT2D eigenvalue weighted by Gasteiger charge is 2.30. The van der Waals surface area contributed by atoms with Crippen LogP contribution in [0.1, 0.15) is 48.0 Å². The summed E-state index contributed by atoms with van der Waals surface area (Å²) in [5.41, 5.74) is 1.28. The average Bonchev–Trinajstić information content (AvgIpc) is 2.44. The third-order valence-corrected chi connectivity index (χ3v) is 4.20. The molecule has 21 heavy (non-hydrogen) atoms. The van der Waals surface area contributed by atoms with Crippen molar-refractivity contribution in [1.29, 1.82) is 0 Å². The normalized spacial score (nSPS) is 17.2. The zero-order valence-electron chi connectivity index (χ0n) is 12.1. The third kappa shape index (κ3) is 4.21. The minimum Gasteiger partial charge on any atom is -0.480 e. The standard InChI is InChI=1S/C16H20ClNO3/c1-10-7-12(9-13(17)8-10)15(19)18-14(16(20)21)11-5-3-2-4-6-11/h7-9,11,14H,2-6H2,1H3,(H,18,19)(H,20,21). The zero-order valence-corrected chi connectivity index (χ0v) is 12.8. The lowest BCUT2D eigenvalue weighted by atomic mass is 9.84. The molecule has 1 aliphatic carbocycles. The summed E-state index contributed by atoms with van der Waals surface area (Å²) in [6, 6.07) is 4.20. The summed E-state index contributed by atoms with van der Waals surface area (Å²) in [6.45, 7) is 1.85. The Hall–Kier alpha value is -1.55. The summed E-state index contributed by atoms with van der Waals surface area (Å²) < 4.78 is 0. The van der Waals surface area contributed by atoms with Gasteiger partial charge in [0.1, 0.15) is 6.04 Å². The molecule has 0 spiro atoms. The van der Waals surface area contributed by atoms with E-state index in [4.69, 9.17) is 11.6 Å². The topological polar surface area (TPSA) is 66.4 Å². The van der Waals surface area contributed by atoms with Gasteiger partial charge in [0.2, 0.25) is 0 Å². The Bertz CT molecular complexity index is 518. The molecule has 1 aliphatic rings. The Morgan fingerprint density at radius 1 is 1.24 bits per heavy atom. The van der Waals surface area contributed by atoms with Crippen LogP contribution in [0, 0.1) is 12.8 Å². The molecule has 1 atom stereocenters. The first-order valence-electron chi connectivity index (χ1n) is 7.28. The first-order valence-corrected chi connectivity index (χ1v) is 7.66. The van der Waals surface area contributed by atoms with Crippen LogP contribution in [0.4, 0.5) is 0 Å². The van der Waals surface area contributed by atoms with E-state index in [9.17, 15) is 14.7 Å². The van der Waals surface area contributed by atoms with Crippen LogP contribution in [-0.4, -0.2) is 23.0 Å². The van der Waals surface area contributed by atoms with Gasteiger partial charge in [-0.15, -0.1) is 0 Å². The third-order valence-electron chi connectivity index (χ3n) is 3.98. The van der Waals surface area contributed by atoms with E-state index in [0.29, 0.717) is 10.6 Å². The van der Waals surface area contributed by atoms with Crippen molar-refractivity contribution in [3.63, 3.8) is 0 Å². The van der Waals surface area contributed by atoms with Crippen molar-refractivity contribution in [3.05, 3.63) is 34.3 Å². The maximum atomic E-state index is 12.3. The van der Waals surface area contributed by atoms with Gasteiger partial charge in [-0.1, -0.05) is 30.9 Å². The summed E-state index contributed by atoms with van der Waals surface area (Å²) >= 11 is 5.95. The Morgan fingerprint density at radius 2 is 1.90 bits per heavy atom. The van der Waals surface area contributed by atoms with E-state index in [1.165, 1.54) is 0 Å². The monoisotopic (exact) mass is 309 g/mol. The Kier molecular flexibility index (Phi) is 5.23. The first-order chi connectivity index (χ1) is 9.97. The molecule has 0 bridgehead atoms.